The number of likely N-dealkylation sites (N-methyl/N-ethyl adjacent to an activating group) is 1. The highest BCUT2D eigenvalue weighted by atomic mass is 35.5. The smallest absolute Gasteiger partial charge is 0.318 e. The van der Waals surface area contributed by atoms with Crippen molar-refractivity contribution >= 4 is 39.2 Å². The van der Waals surface area contributed by atoms with Crippen LogP contribution in [0.15, 0.2) is 59.6 Å². The third-order valence-corrected chi connectivity index (χ3v) is 11.6. The van der Waals surface area contributed by atoms with Gasteiger partial charge in [0.15, 0.2) is 5.54 Å². The molecule has 15 heteroatoms. The molecule has 3 aliphatic heterocycles. The number of rotatable bonds is 9. The summed E-state index contributed by atoms with van der Waals surface area (Å²) in [5, 5.41) is 3.24. The van der Waals surface area contributed by atoms with E-state index in [1.807, 2.05) is 13.8 Å². The number of pyridine rings is 1. The highest BCUT2D eigenvalue weighted by Gasteiger charge is 2.59. The number of carbonyl (C=O) groups is 2. The van der Waals surface area contributed by atoms with E-state index >= 15 is 4.79 Å². The first-order chi connectivity index (χ1) is 23.9. The number of hydrogen-bond donors (Lipinski definition) is 1. The second-order valence-corrected chi connectivity index (χ2v) is 15.2. The van der Waals surface area contributed by atoms with Gasteiger partial charge in [-0.2, -0.15) is 4.31 Å². The summed E-state index contributed by atoms with van der Waals surface area (Å²) in [6.45, 7) is 8.50. The van der Waals surface area contributed by atoms with Gasteiger partial charge in [0.1, 0.15) is 16.4 Å². The number of amides is 3. The average Bonchev–Trinajstić information content (AvgIpc) is 3.35. The van der Waals surface area contributed by atoms with Crippen molar-refractivity contribution in [3.8, 4) is 17.4 Å². The van der Waals surface area contributed by atoms with Crippen LogP contribution in [0.1, 0.15) is 37.8 Å². The molecular formula is C35H43ClN6O7S. The molecule has 13 nitrogen and oxygen atoms in total. The summed E-state index contributed by atoms with van der Waals surface area (Å²) >= 11 is 6.56. The molecule has 2 fully saturated rings. The molecule has 0 radical (unpaired) electrons. The molecule has 4 heterocycles. The van der Waals surface area contributed by atoms with Crippen molar-refractivity contribution < 1.29 is 32.2 Å². The highest BCUT2D eigenvalue weighted by Crippen LogP contribution is 2.50. The van der Waals surface area contributed by atoms with Crippen LogP contribution in [0, 0.1) is 0 Å². The lowest BCUT2D eigenvalue weighted by atomic mass is 9.84. The minimum Gasteiger partial charge on any atom is -0.497 e. The number of halogens is 1. The van der Waals surface area contributed by atoms with Crippen LogP contribution in [-0.2, 0) is 20.4 Å². The zero-order valence-electron chi connectivity index (χ0n) is 28.9. The maximum atomic E-state index is 15.2. The summed E-state index contributed by atoms with van der Waals surface area (Å²) in [6.07, 6.45) is 2.69. The van der Waals surface area contributed by atoms with Crippen LogP contribution in [0.25, 0.3) is 0 Å². The third-order valence-electron chi connectivity index (χ3n) is 9.60. The van der Waals surface area contributed by atoms with Gasteiger partial charge in [0.2, 0.25) is 5.88 Å². The summed E-state index contributed by atoms with van der Waals surface area (Å²) in [5.41, 5.74) is -1.74. The number of urea groups is 1. The molecule has 0 bridgehead atoms. The van der Waals surface area contributed by atoms with Crippen molar-refractivity contribution in [2.75, 3.05) is 64.8 Å². The number of anilines is 1. The van der Waals surface area contributed by atoms with E-state index in [-0.39, 0.29) is 44.5 Å². The molecule has 1 N–H and O–H groups in total. The fraction of sp³-hybridized carbons (Fsp3) is 0.457. The van der Waals surface area contributed by atoms with E-state index in [9.17, 15) is 13.2 Å². The van der Waals surface area contributed by atoms with Gasteiger partial charge in [-0.05, 0) is 76.2 Å². The number of piperazine rings is 1. The quantitative estimate of drug-likeness (QED) is 0.346. The van der Waals surface area contributed by atoms with Crippen molar-refractivity contribution in [1.29, 1.82) is 0 Å². The first kappa shape index (κ1) is 35.7. The standard InChI is InChI=1S/C35H43ClN6O7S/c1-23(2)49-32-27(7-6-14-37-32)35(38-34(44)41-15-12-25(13-16-41)40-19-17-39(3)18-20-40)28-21-24(36)8-10-29(28)42(33(35)43)50(45,46)31-11-9-26(47-4)22-30(31)48-5/h6-11,14,21-23,25H,12-13,15-20H2,1-5H3,(H,38,44). The van der Waals surface area contributed by atoms with Crippen LogP contribution in [0.5, 0.6) is 17.4 Å². The molecule has 6 rings (SSSR count). The van der Waals surface area contributed by atoms with Crippen molar-refractivity contribution in [3.63, 3.8) is 0 Å². The van der Waals surface area contributed by atoms with Crippen molar-refractivity contribution in [2.24, 2.45) is 0 Å². The molecule has 2 saturated heterocycles. The van der Waals surface area contributed by atoms with Gasteiger partial charge in [0, 0.05) is 68.2 Å². The Hall–Kier alpha value is -4.11. The Labute approximate surface area is 298 Å². The predicted molar refractivity (Wildman–Crippen MR) is 189 cm³/mol. The Morgan fingerprint density at radius 1 is 0.980 bits per heavy atom. The van der Waals surface area contributed by atoms with E-state index in [4.69, 9.17) is 25.8 Å². The third kappa shape index (κ3) is 6.45. The molecule has 0 aliphatic carbocycles. The largest absolute Gasteiger partial charge is 0.497 e. The Bertz CT molecular complexity index is 1860. The SMILES string of the molecule is COc1ccc(S(=O)(=O)N2C(=O)C(NC(=O)N3CCC(N4CCN(C)CC4)CC3)(c3cccnc3OC(C)C)c3cc(Cl)ccc32)c(OC)c1. The van der Waals surface area contributed by atoms with Crippen LogP contribution in [0.4, 0.5) is 10.5 Å². The fourth-order valence-corrected chi connectivity index (χ4v) is 8.77. The van der Waals surface area contributed by atoms with Gasteiger partial charge in [-0.15, -0.1) is 0 Å². The molecule has 3 aromatic rings. The first-order valence-corrected chi connectivity index (χ1v) is 18.5. The Balaban J connectivity index is 1.44. The van der Waals surface area contributed by atoms with Gasteiger partial charge in [-0.1, -0.05) is 11.6 Å². The minimum atomic E-state index is -4.66. The molecule has 3 aliphatic rings. The number of methoxy groups -OCH3 is 2. The van der Waals surface area contributed by atoms with E-state index in [1.165, 1.54) is 56.8 Å². The molecule has 1 atom stereocenters. The maximum Gasteiger partial charge on any atom is 0.318 e. The fourth-order valence-electron chi connectivity index (χ4n) is 6.99. The molecule has 0 saturated carbocycles. The van der Waals surface area contributed by atoms with Crippen LogP contribution in [0.2, 0.25) is 5.02 Å². The predicted octanol–water partition coefficient (Wildman–Crippen LogP) is 3.94. The number of fused-ring (bicyclic) bond motifs is 1. The number of nitrogens with zero attached hydrogens (tertiary/aromatic N) is 5. The van der Waals surface area contributed by atoms with E-state index in [0.717, 1.165) is 39.0 Å². The van der Waals surface area contributed by atoms with Crippen LogP contribution in [0.3, 0.4) is 0 Å². The Morgan fingerprint density at radius 3 is 2.36 bits per heavy atom. The lowest BCUT2D eigenvalue weighted by molar-refractivity contribution is -0.121. The van der Waals surface area contributed by atoms with Crippen LogP contribution >= 0.6 is 11.6 Å². The average molecular weight is 727 g/mol. The van der Waals surface area contributed by atoms with Gasteiger partial charge in [-0.3, -0.25) is 9.69 Å². The van der Waals surface area contributed by atoms with E-state index in [1.54, 1.807) is 17.0 Å². The highest BCUT2D eigenvalue weighted by molar-refractivity contribution is 7.93. The maximum absolute atomic E-state index is 15.2. The second kappa shape index (κ2) is 14.3. The molecule has 3 amide bonds. The van der Waals surface area contributed by atoms with Crippen molar-refractivity contribution in [1.82, 2.24) is 25.0 Å². The number of ether oxygens (including phenoxy) is 3. The molecule has 0 spiro atoms. The van der Waals surface area contributed by atoms with Gasteiger partial charge >= 0.3 is 6.03 Å². The zero-order chi connectivity index (χ0) is 35.8. The summed E-state index contributed by atoms with van der Waals surface area (Å²) in [5.74, 6) is -0.542. The molecule has 2 aromatic carbocycles. The van der Waals surface area contributed by atoms with Gasteiger partial charge < -0.3 is 29.3 Å². The lowest BCUT2D eigenvalue weighted by Gasteiger charge is -2.42. The Kier molecular flexibility index (Phi) is 10.2. The van der Waals surface area contributed by atoms with Gasteiger partial charge in [-0.25, -0.2) is 18.2 Å². The van der Waals surface area contributed by atoms with Crippen molar-refractivity contribution in [3.05, 3.63) is 70.9 Å². The second-order valence-electron chi connectivity index (χ2n) is 13.0. The number of benzene rings is 2. The molecular weight excluding hydrogens is 684 g/mol. The summed E-state index contributed by atoms with van der Waals surface area (Å²) in [6, 6.07) is 11.7. The van der Waals surface area contributed by atoms with Crippen molar-refractivity contribution in [2.45, 2.75) is 49.3 Å². The summed E-state index contributed by atoms with van der Waals surface area (Å²) in [7, 11) is 0.242. The van der Waals surface area contributed by atoms with Gasteiger partial charge in [0.05, 0.1) is 31.6 Å². The van der Waals surface area contributed by atoms with Crippen LogP contribution < -0.4 is 23.8 Å². The number of aromatic nitrogens is 1. The number of piperidine rings is 1. The summed E-state index contributed by atoms with van der Waals surface area (Å²) < 4.78 is 46.8. The van der Waals surface area contributed by atoms with E-state index in [0.29, 0.717) is 29.2 Å². The molecule has 50 heavy (non-hydrogen) atoms. The van der Waals surface area contributed by atoms with Gasteiger partial charge in [0.25, 0.3) is 15.9 Å². The molecule has 1 aromatic heterocycles. The number of sulfonamides is 1. The normalized spacial score (nSPS) is 20.6. The number of nitrogens with one attached hydrogen (secondary N) is 1. The number of hydrogen-bond acceptors (Lipinski definition) is 10. The number of likely N-dealkylation sites (tertiary alicyclic amines) is 1. The first-order valence-electron chi connectivity index (χ1n) is 16.6. The summed E-state index contributed by atoms with van der Waals surface area (Å²) in [4.78, 5) is 40.2. The molecule has 1 unspecified atom stereocenters. The topological polar surface area (TPSA) is 134 Å². The monoisotopic (exact) mass is 726 g/mol. The van der Waals surface area contributed by atoms with E-state index in [2.05, 4.69) is 27.1 Å². The van der Waals surface area contributed by atoms with E-state index < -0.39 is 27.5 Å². The van der Waals surface area contributed by atoms with Crippen LogP contribution in [-0.4, -0.2) is 113 Å². The zero-order valence-corrected chi connectivity index (χ0v) is 30.5. The lowest BCUT2D eigenvalue weighted by Crippen LogP contribution is -2.59. The Morgan fingerprint density at radius 2 is 1.70 bits per heavy atom. The minimum absolute atomic E-state index is 0.0192. The molecule has 268 valence electrons. The number of carbonyl (C=O) groups excluding carboxylic acids is 2.